The van der Waals surface area contributed by atoms with E-state index in [9.17, 15) is 0 Å². The topological polar surface area (TPSA) is 67.6 Å². The van der Waals surface area contributed by atoms with Crippen molar-refractivity contribution in [3.8, 4) is 0 Å². The van der Waals surface area contributed by atoms with E-state index < -0.39 is 0 Å². The highest BCUT2D eigenvalue weighted by Gasteiger charge is 2.25. The van der Waals surface area contributed by atoms with Crippen molar-refractivity contribution in [1.82, 2.24) is 25.0 Å². The lowest BCUT2D eigenvalue weighted by atomic mass is 9.97. The summed E-state index contributed by atoms with van der Waals surface area (Å²) in [6.07, 6.45) is 3.52. The Kier molecular flexibility index (Phi) is 11.2. The summed E-state index contributed by atoms with van der Waals surface area (Å²) in [5, 5.41) is 11.9. The number of ether oxygens (including phenoxy) is 1. The molecule has 0 amide bonds. The lowest BCUT2D eigenvalue weighted by Crippen LogP contribution is -2.41. The van der Waals surface area contributed by atoms with Crippen LogP contribution in [-0.4, -0.2) is 58.5 Å². The molecule has 0 saturated carbocycles. The van der Waals surface area contributed by atoms with Crippen molar-refractivity contribution in [3.05, 3.63) is 11.6 Å². The second-order valence-corrected chi connectivity index (χ2v) is 7.57. The quantitative estimate of drug-likeness (QED) is 0.249. The van der Waals surface area contributed by atoms with E-state index in [0.29, 0.717) is 6.54 Å². The Morgan fingerprint density at radius 1 is 1.37 bits per heavy atom. The zero-order chi connectivity index (χ0) is 18.9. The largest absolute Gasteiger partial charge is 0.382 e. The maximum Gasteiger partial charge on any atom is 0.194 e. The number of nitrogens with one attached hydrogen (secondary N) is 1. The SMILES string of the molecule is CCOCCCNC(=NCc1nnc(C)n1C)N1CCC(CC(C)C)C1.I. The molecule has 1 aromatic heterocycles. The zero-order valence-corrected chi connectivity index (χ0v) is 19.9. The molecule has 0 aliphatic carbocycles. The number of likely N-dealkylation sites (tertiary alicyclic amines) is 1. The monoisotopic (exact) mass is 492 g/mol. The van der Waals surface area contributed by atoms with Gasteiger partial charge in [0.25, 0.3) is 0 Å². The molecule has 1 N–H and O–H groups in total. The van der Waals surface area contributed by atoms with Crippen LogP contribution in [-0.2, 0) is 18.3 Å². The van der Waals surface area contributed by atoms with E-state index in [1.165, 1.54) is 12.8 Å². The molecular formula is C19H37IN6O. The van der Waals surface area contributed by atoms with Crippen LogP contribution in [0.2, 0.25) is 0 Å². The van der Waals surface area contributed by atoms with E-state index in [2.05, 4.69) is 34.3 Å². The fourth-order valence-electron chi connectivity index (χ4n) is 3.40. The molecule has 0 aromatic carbocycles. The zero-order valence-electron chi connectivity index (χ0n) is 17.6. The molecule has 0 bridgehead atoms. The molecule has 1 fully saturated rings. The Bertz CT molecular complexity index is 575. The summed E-state index contributed by atoms with van der Waals surface area (Å²) in [7, 11) is 1.99. The standard InChI is InChI=1S/C19H36N6O.HI/c1-6-26-11-7-9-20-19(21-13-18-23-22-16(4)24(18)5)25-10-8-17(14-25)12-15(2)3;/h15,17H,6-14H2,1-5H3,(H,20,21);1H. The average Bonchev–Trinajstić information content (AvgIpc) is 3.18. The van der Waals surface area contributed by atoms with E-state index in [-0.39, 0.29) is 24.0 Å². The van der Waals surface area contributed by atoms with Crippen molar-refractivity contribution < 1.29 is 4.74 Å². The van der Waals surface area contributed by atoms with E-state index in [1.54, 1.807) is 0 Å². The number of guanidine groups is 1. The third-order valence-corrected chi connectivity index (χ3v) is 4.90. The van der Waals surface area contributed by atoms with Gasteiger partial charge in [-0.05, 0) is 44.9 Å². The Hall–Kier alpha value is -0.900. The molecule has 1 aliphatic heterocycles. The van der Waals surface area contributed by atoms with Gasteiger partial charge in [0.2, 0.25) is 0 Å². The Balaban J connectivity index is 0.00000364. The van der Waals surface area contributed by atoms with Crippen molar-refractivity contribution in [2.45, 2.75) is 53.5 Å². The molecule has 1 atom stereocenters. The number of hydrogen-bond donors (Lipinski definition) is 1. The summed E-state index contributed by atoms with van der Waals surface area (Å²) in [6.45, 7) is 13.8. The van der Waals surface area contributed by atoms with Gasteiger partial charge in [-0.2, -0.15) is 0 Å². The molecule has 8 heteroatoms. The van der Waals surface area contributed by atoms with Crippen molar-refractivity contribution in [2.24, 2.45) is 23.9 Å². The van der Waals surface area contributed by atoms with Crippen LogP contribution < -0.4 is 5.32 Å². The van der Waals surface area contributed by atoms with Crippen LogP contribution in [0.3, 0.4) is 0 Å². The molecule has 1 aromatic rings. The van der Waals surface area contributed by atoms with Crippen LogP contribution >= 0.6 is 24.0 Å². The Morgan fingerprint density at radius 3 is 2.78 bits per heavy atom. The fraction of sp³-hybridized carbons (Fsp3) is 0.842. The van der Waals surface area contributed by atoms with E-state index >= 15 is 0 Å². The van der Waals surface area contributed by atoms with Gasteiger partial charge in [-0.25, -0.2) is 4.99 Å². The lowest BCUT2D eigenvalue weighted by molar-refractivity contribution is 0.145. The average molecular weight is 492 g/mol. The number of aryl methyl sites for hydroxylation is 1. The maximum absolute atomic E-state index is 5.43. The lowest BCUT2D eigenvalue weighted by Gasteiger charge is -2.22. The maximum atomic E-state index is 5.43. The first-order chi connectivity index (χ1) is 12.5. The molecular weight excluding hydrogens is 455 g/mol. The predicted molar refractivity (Wildman–Crippen MR) is 121 cm³/mol. The summed E-state index contributed by atoms with van der Waals surface area (Å²) < 4.78 is 7.44. The van der Waals surface area contributed by atoms with Gasteiger partial charge < -0.3 is 19.5 Å². The number of hydrogen-bond acceptors (Lipinski definition) is 4. The van der Waals surface area contributed by atoms with Gasteiger partial charge in [-0.15, -0.1) is 34.2 Å². The van der Waals surface area contributed by atoms with Crippen molar-refractivity contribution in [2.75, 3.05) is 32.8 Å². The van der Waals surface area contributed by atoms with Gasteiger partial charge >= 0.3 is 0 Å². The minimum atomic E-state index is 0. The van der Waals surface area contributed by atoms with Crippen LogP contribution in [0.4, 0.5) is 0 Å². The first-order valence-electron chi connectivity index (χ1n) is 9.97. The normalized spacial score (nSPS) is 17.5. The number of aromatic nitrogens is 3. The molecule has 1 unspecified atom stereocenters. The fourth-order valence-corrected chi connectivity index (χ4v) is 3.40. The van der Waals surface area contributed by atoms with Gasteiger partial charge in [-0.3, -0.25) is 0 Å². The second kappa shape index (κ2) is 12.5. The molecule has 2 rings (SSSR count). The van der Waals surface area contributed by atoms with Crippen LogP contribution in [0.25, 0.3) is 0 Å². The predicted octanol–water partition coefficient (Wildman–Crippen LogP) is 2.98. The minimum Gasteiger partial charge on any atom is -0.382 e. The molecule has 2 heterocycles. The van der Waals surface area contributed by atoms with Crippen LogP contribution in [0, 0.1) is 18.8 Å². The van der Waals surface area contributed by atoms with Crippen molar-refractivity contribution in [1.29, 1.82) is 0 Å². The molecule has 27 heavy (non-hydrogen) atoms. The number of rotatable bonds is 9. The van der Waals surface area contributed by atoms with Gasteiger partial charge in [0.05, 0.1) is 0 Å². The summed E-state index contributed by atoms with van der Waals surface area (Å²) in [5.74, 6) is 4.32. The van der Waals surface area contributed by atoms with Crippen molar-refractivity contribution in [3.63, 3.8) is 0 Å². The van der Waals surface area contributed by atoms with Gasteiger partial charge in [0.1, 0.15) is 12.4 Å². The molecule has 1 saturated heterocycles. The van der Waals surface area contributed by atoms with E-state index in [4.69, 9.17) is 9.73 Å². The number of nitrogens with zero attached hydrogens (tertiary/aromatic N) is 5. The number of halogens is 1. The van der Waals surface area contributed by atoms with Gasteiger partial charge in [-0.1, -0.05) is 13.8 Å². The first-order valence-corrected chi connectivity index (χ1v) is 9.97. The highest BCUT2D eigenvalue weighted by molar-refractivity contribution is 14.0. The molecule has 1 aliphatic rings. The van der Waals surface area contributed by atoms with Gasteiger partial charge in [0.15, 0.2) is 11.8 Å². The Morgan fingerprint density at radius 2 is 2.15 bits per heavy atom. The second-order valence-electron chi connectivity index (χ2n) is 7.57. The van der Waals surface area contributed by atoms with Crippen LogP contribution in [0.1, 0.15) is 51.7 Å². The van der Waals surface area contributed by atoms with Crippen LogP contribution in [0.5, 0.6) is 0 Å². The summed E-state index contributed by atoms with van der Waals surface area (Å²) in [6, 6.07) is 0. The Labute approximate surface area is 181 Å². The van der Waals surface area contributed by atoms with Gasteiger partial charge in [0, 0.05) is 39.9 Å². The molecule has 0 spiro atoms. The highest BCUT2D eigenvalue weighted by Crippen LogP contribution is 2.23. The number of aliphatic imine (C=N–C) groups is 1. The summed E-state index contributed by atoms with van der Waals surface area (Å²) in [4.78, 5) is 7.25. The summed E-state index contributed by atoms with van der Waals surface area (Å²) in [5.41, 5.74) is 0. The van der Waals surface area contributed by atoms with E-state index in [1.807, 2.05) is 25.5 Å². The molecule has 0 radical (unpaired) electrons. The van der Waals surface area contributed by atoms with Crippen molar-refractivity contribution >= 4 is 29.9 Å². The molecule has 7 nitrogen and oxygen atoms in total. The highest BCUT2D eigenvalue weighted by atomic mass is 127. The first kappa shape index (κ1) is 24.1. The van der Waals surface area contributed by atoms with E-state index in [0.717, 1.165) is 68.7 Å². The smallest absolute Gasteiger partial charge is 0.194 e. The third kappa shape index (κ3) is 7.93. The third-order valence-electron chi connectivity index (χ3n) is 4.90. The molecule has 156 valence electrons. The summed E-state index contributed by atoms with van der Waals surface area (Å²) >= 11 is 0. The van der Waals surface area contributed by atoms with Crippen LogP contribution in [0.15, 0.2) is 4.99 Å². The minimum absolute atomic E-state index is 0.